The molecule has 2 radical (unpaired) electrons. The SMILES string of the molecule is CC(=O)O[C@@H]1[C][C@@]2(O)[C@H](C)CC[C@@H]([C@H](C)C(=O)N(C)Cc3ccccc3Cl)[C@H]2C=C1C. The Hall–Kier alpha value is -1.85. The van der Waals surface area contributed by atoms with Gasteiger partial charge in [0.25, 0.3) is 0 Å². The van der Waals surface area contributed by atoms with Gasteiger partial charge >= 0.3 is 5.97 Å². The van der Waals surface area contributed by atoms with Gasteiger partial charge in [0.2, 0.25) is 5.91 Å². The third-order valence-corrected chi connectivity index (χ3v) is 7.30. The summed E-state index contributed by atoms with van der Waals surface area (Å²) >= 11 is 6.27. The maximum Gasteiger partial charge on any atom is 0.303 e. The lowest BCUT2D eigenvalue weighted by Gasteiger charge is -2.52. The van der Waals surface area contributed by atoms with Gasteiger partial charge in [0, 0.05) is 37.4 Å². The van der Waals surface area contributed by atoms with Crippen molar-refractivity contribution < 1.29 is 19.4 Å². The number of hydrogen-bond donors (Lipinski definition) is 1. The van der Waals surface area contributed by atoms with Crippen LogP contribution in [0.1, 0.15) is 46.1 Å². The molecule has 2 aliphatic carbocycles. The molecule has 0 aliphatic heterocycles. The van der Waals surface area contributed by atoms with Gasteiger partial charge in [-0.2, -0.15) is 0 Å². The normalized spacial score (nSPS) is 31.3. The molecule has 6 atom stereocenters. The summed E-state index contributed by atoms with van der Waals surface area (Å²) in [6, 6.07) is 7.52. The Labute approximate surface area is 190 Å². The number of aliphatic hydroxyl groups is 1. The van der Waals surface area contributed by atoms with Crippen molar-refractivity contribution in [3.05, 3.63) is 52.9 Å². The van der Waals surface area contributed by atoms with Crippen molar-refractivity contribution in [3.8, 4) is 0 Å². The maximum atomic E-state index is 13.3. The van der Waals surface area contributed by atoms with Crippen LogP contribution in [0.25, 0.3) is 0 Å². The van der Waals surface area contributed by atoms with Crippen LogP contribution in [-0.2, 0) is 20.9 Å². The molecule has 1 fully saturated rings. The van der Waals surface area contributed by atoms with Crippen molar-refractivity contribution in [2.45, 2.75) is 58.8 Å². The molecule has 168 valence electrons. The molecule has 1 N–H and O–H groups in total. The summed E-state index contributed by atoms with van der Waals surface area (Å²) in [4.78, 5) is 26.5. The number of amides is 1. The highest BCUT2D eigenvalue weighted by Gasteiger charge is 2.54. The zero-order chi connectivity index (χ0) is 22.9. The van der Waals surface area contributed by atoms with E-state index in [2.05, 4.69) is 6.42 Å². The van der Waals surface area contributed by atoms with Crippen LogP contribution in [0.4, 0.5) is 0 Å². The summed E-state index contributed by atoms with van der Waals surface area (Å²) < 4.78 is 5.36. The van der Waals surface area contributed by atoms with Crippen LogP contribution in [-0.4, -0.2) is 40.6 Å². The molecule has 2 aliphatic rings. The largest absolute Gasteiger partial charge is 0.457 e. The molecule has 1 amide bonds. The third-order valence-electron chi connectivity index (χ3n) is 6.93. The van der Waals surface area contributed by atoms with E-state index in [1.807, 2.05) is 51.1 Å². The maximum absolute atomic E-state index is 13.3. The molecule has 5 nitrogen and oxygen atoms in total. The van der Waals surface area contributed by atoms with Gasteiger partial charge in [-0.05, 0) is 48.8 Å². The highest BCUT2D eigenvalue weighted by Crippen LogP contribution is 2.51. The molecule has 0 saturated heterocycles. The standard InChI is InChI=1S/C25H32ClNO4/c1-15-12-21-20(11-10-16(2)25(21,30)13-23(15)31-18(4)28)17(3)24(29)27(5)14-19-8-6-7-9-22(19)26/h6-9,12,16-17,20-21,23,30H,10-11,14H2,1-5H3/t16-,17+,20+,21-,23-,25-/m1/s1. The molecule has 0 spiro atoms. The Morgan fingerprint density at radius 3 is 2.68 bits per heavy atom. The van der Waals surface area contributed by atoms with E-state index in [4.69, 9.17) is 16.3 Å². The van der Waals surface area contributed by atoms with Crippen molar-refractivity contribution in [2.24, 2.45) is 23.7 Å². The molecular weight excluding hydrogens is 414 g/mol. The average Bonchev–Trinajstić information content (AvgIpc) is 2.71. The minimum absolute atomic E-state index is 0.0231. The second-order valence-electron chi connectivity index (χ2n) is 9.11. The van der Waals surface area contributed by atoms with Gasteiger partial charge in [0.15, 0.2) is 0 Å². The van der Waals surface area contributed by atoms with E-state index in [0.29, 0.717) is 11.6 Å². The van der Waals surface area contributed by atoms with Gasteiger partial charge < -0.3 is 14.7 Å². The van der Waals surface area contributed by atoms with Crippen LogP contribution in [0, 0.1) is 30.1 Å². The van der Waals surface area contributed by atoms with Crippen molar-refractivity contribution >= 4 is 23.5 Å². The van der Waals surface area contributed by atoms with Crippen molar-refractivity contribution in [3.63, 3.8) is 0 Å². The minimum Gasteiger partial charge on any atom is -0.457 e. The molecule has 1 saturated carbocycles. The summed E-state index contributed by atoms with van der Waals surface area (Å²) in [6.45, 7) is 7.60. The predicted molar refractivity (Wildman–Crippen MR) is 120 cm³/mol. The number of rotatable bonds is 5. The highest BCUT2D eigenvalue weighted by molar-refractivity contribution is 6.31. The number of fused-ring (bicyclic) bond motifs is 1. The van der Waals surface area contributed by atoms with Crippen LogP contribution < -0.4 is 0 Å². The topological polar surface area (TPSA) is 66.8 Å². The Morgan fingerprint density at radius 1 is 1.35 bits per heavy atom. The lowest BCUT2D eigenvalue weighted by atomic mass is 9.56. The number of hydrogen-bond acceptors (Lipinski definition) is 4. The molecule has 0 aromatic heterocycles. The molecule has 0 bridgehead atoms. The van der Waals surface area contributed by atoms with Crippen molar-refractivity contribution in [1.29, 1.82) is 0 Å². The predicted octanol–water partition coefficient (Wildman–Crippen LogP) is 4.30. The number of ether oxygens (including phenoxy) is 1. The van der Waals surface area contributed by atoms with E-state index >= 15 is 0 Å². The molecule has 31 heavy (non-hydrogen) atoms. The second kappa shape index (κ2) is 9.33. The Morgan fingerprint density at radius 2 is 2.03 bits per heavy atom. The first-order valence-corrected chi connectivity index (χ1v) is 11.3. The third kappa shape index (κ3) is 4.83. The number of esters is 1. The monoisotopic (exact) mass is 445 g/mol. The fourth-order valence-corrected chi connectivity index (χ4v) is 5.22. The van der Waals surface area contributed by atoms with Crippen LogP contribution >= 0.6 is 11.6 Å². The first-order chi connectivity index (χ1) is 14.5. The quantitative estimate of drug-likeness (QED) is 0.542. The average molecular weight is 446 g/mol. The smallest absolute Gasteiger partial charge is 0.303 e. The van der Waals surface area contributed by atoms with Gasteiger partial charge in [-0.1, -0.05) is 49.7 Å². The minimum atomic E-state index is -1.24. The summed E-state index contributed by atoms with van der Waals surface area (Å²) in [5, 5.41) is 12.2. The summed E-state index contributed by atoms with van der Waals surface area (Å²) in [5.74, 6) is -1.00. The van der Waals surface area contributed by atoms with E-state index < -0.39 is 17.7 Å². The summed E-state index contributed by atoms with van der Waals surface area (Å²) in [5.41, 5.74) is 0.506. The molecule has 0 heterocycles. The number of benzene rings is 1. The van der Waals surface area contributed by atoms with E-state index in [-0.39, 0.29) is 29.6 Å². The molecule has 1 aromatic carbocycles. The molecule has 6 heteroatoms. The first kappa shape index (κ1) is 23.8. The van der Waals surface area contributed by atoms with Crippen LogP contribution in [0.2, 0.25) is 5.02 Å². The second-order valence-corrected chi connectivity index (χ2v) is 9.52. The molecule has 1 aromatic rings. The lowest BCUT2D eigenvalue weighted by molar-refractivity contribution is -0.149. The lowest BCUT2D eigenvalue weighted by Crippen LogP contribution is -2.57. The Kier molecular flexibility index (Phi) is 7.17. The van der Waals surface area contributed by atoms with Crippen molar-refractivity contribution in [1.82, 2.24) is 4.90 Å². The number of nitrogens with zero attached hydrogens (tertiary/aromatic N) is 1. The van der Waals surface area contributed by atoms with E-state index in [9.17, 15) is 14.7 Å². The van der Waals surface area contributed by atoms with Gasteiger partial charge in [-0.15, -0.1) is 0 Å². The Bertz CT molecular complexity index is 869. The number of carbonyl (C=O) groups excluding carboxylic acids is 2. The van der Waals surface area contributed by atoms with Gasteiger partial charge in [0.1, 0.15) is 6.10 Å². The van der Waals surface area contributed by atoms with E-state index in [1.165, 1.54) is 6.92 Å². The van der Waals surface area contributed by atoms with Crippen molar-refractivity contribution in [2.75, 3.05) is 7.05 Å². The van der Waals surface area contributed by atoms with E-state index in [0.717, 1.165) is 24.0 Å². The van der Waals surface area contributed by atoms with E-state index in [1.54, 1.807) is 11.9 Å². The fraction of sp³-hybridized carbons (Fsp3) is 0.560. The first-order valence-electron chi connectivity index (χ1n) is 10.9. The van der Waals surface area contributed by atoms with Crippen LogP contribution in [0.5, 0.6) is 0 Å². The van der Waals surface area contributed by atoms with Gasteiger partial charge in [-0.3, -0.25) is 9.59 Å². The Balaban J connectivity index is 1.81. The van der Waals surface area contributed by atoms with Gasteiger partial charge in [-0.25, -0.2) is 0 Å². The molecule has 0 unspecified atom stereocenters. The van der Waals surface area contributed by atoms with Crippen LogP contribution in [0.15, 0.2) is 35.9 Å². The zero-order valence-electron chi connectivity index (χ0n) is 18.9. The van der Waals surface area contributed by atoms with Crippen LogP contribution in [0.3, 0.4) is 0 Å². The summed E-state index contributed by atoms with van der Waals surface area (Å²) in [7, 11) is 1.79. The molecule has 3 rings (SSSR count). The fourth-order valence-electron chi connectivity index (χ4n) is 5.02. The highest BCUT2D eigenvalue weighted by atomic mass is 35.5. The zero-order valence-corrected chi connectivity index (χ0v) is 19.6. The number of halogens is 1. The summed E-state index contributed by atoms with van der Waals surface area (Å²) in [6.07, 6.45) is 6.11. The molecular formula is C25H32ClNO4. The number of carbonyl (C=O) groups is 2. The van der Waals surface area contributed by atoms with Gasteiger partial charge in [0.05, 0.1) is 12.0 Å².